The van der Waals surface area contributed by atoms with Crippen LogP contribution >= 0.6 is 0 Å². The van der Waals surface area contributed by atoms with E-state index in [0.717, 1.165) is 6.42 Å². The van der Waals surface area contributed by atoms with E-state index in [2.05, 4.69) is 24.3 Å². The molecular weight excluding hydrogens is 172 g/mol. The molecule has 3 aliphatic rings. The van der Waals surface area contributed by atoms with Gasteiger partial charge in [0.15, 0.2) is 0 Å². The third-order valence-electron chi connectivity index (χ3n) is 3.65. The Hall–Kier alpha value is -1.28. The molecule has 2 heteroatoms. The highest BCUT2D eigenvalue weighted by Gasteiger charge is 2.40. The number of hydrogen-bond acceptors (Lipinski definition) is 2. The first kappa shape index (κ1) is 9.28. The van der Waals surface area contributed by atoms with E-state index in [1.54, 1.807) is 0 Å². The van der Waals surface area contributed by atoms with Gasteiger partial charge in [0.25, 0.3) is 0 Å². The number of hydrogen-bond donors (Lipinski definition) is 0. The average Bonchev–Trinajstić information content (AvgIpc) is 2.27. The fourth-order valence-corrected chi connectivity index (χ4v) is 2.92. The van der Waals surface area contributed by atoms with Crippen LogP contribution in [-0.4, -0.2) is 0 Å². The molecule has 0 amide bonds. The van der Waals surface area contributed by atoms with Crippen LogP contribution in [0.25, 0.3) is 0 Å². The van der Waals surface area contributed by atoms with E-state index < -0.39 is 0 Å². The number of nitrogens with zero attached hydrogens (tertiary/aromatic N) is 2. The molecule has 0 aliphatic heterocycles. The third kappa shape index (κ3) is 1.42. The molecule has 0 aromatic rings. The molecule has 4 unspecified atom stereocenters. The van der Waals surface area contributed by atoms with Crippen LogP contribution in [0.15, 0.2) is 12.2 Å². The van der Waals surface area contributed by atoms with Gasteiger partial charge in [-0.05, 0) is 37.0 Å². The van der Waals surface area contributed by atoms with Gasteiger partial charge >= 0.3 is 0 Å². The van der Waals surface area contributed by atoms with Crippen LogP contribution in [-0.2, 0) is 0 Å². The molecule has 1 saturated carbocycles. The van der Waals surface area contributed by atoms with Crippen LogP contribution in [0.3, 0.4) is 0 Å². The van der Waals surface area contributed by atoms with Crippen LogP contribution in [0.1, 0.15) is 25.7 Å². The van der Waals surface area contributed by atoms with Crippen molar-refractivity contribution in [2.45, 2.75) is 25.7 Å². The second-order valence-electron chi connectivity index (χ2n) is 4.31. The van der Waals surface area contributed by atoms with Gasteiger partial charge in [-0.2, -0.15) is 10.5 Å². The van der Waals surface area contributed by atoms with Crippen LogP contribution in [0.5, 0.6) is 0 Å². The first-order valence-electron chi connectivity index (χ1n) is 5.31. The molecule has 3 rings (SSSR count). The van der Waals surface area contributed by atoms with Gasteiger partial charge in [0.2, 0.25) is 0 Å². The summed E-state index contributed by atoms with van der Waals surface area (Å²) in [6.45, 7) is 0. The Bertz CT molecular complexity index is 318. The summed E-state index contributed by atoms with van der Waals surface area (Å²) in [7, 11) is 0. The number of rotatable bonds is 2. The molecule has 0 aromatic heterocycles. The molecule has 0 N–H and O–H groups in total. The minimum Gasteiger partial charge on any atom is -0.198 e. The minimum absolute atomic E-state index is 0.173. The molecule has 0 saturated heterocycles. The molecule has 2 bridgehead atoms. The summed E-state index contributed by atoms with van der Waals surface area (Å²) in [6.07, 6.45) is 8.37. The maximum Gasteiger partial charge on any atom is 0.0665 e. The first-order valence-corrected chi connectivity index (χ1v) is 5.31. The van der Waals surface area contributed by atoms with Crippen LogP contribution in [0.4, 0.5) is 0 Å². The minimum atomic E-state index is 0.173. The maximum absolute atomic E-state index is 9.12. The monoisotopic (exact) mass is 186 g/mol. The predicted octanol–water partition coefficient (Wildman–Crippen LogP) is 2.64. The van der Waals surface area contributed by atoms with Gasteiger partial charge in [-0.1, -0.05) is 12.2 Å². The lowest BCUT2D eigenvalue weighted by atomic mass is 9.61. The topological polar surface area (TPSA) is 47.6 Å². The maximum atomic E-state index is 9.12. The Morgan fingerprint density at radius 2 is 1.86 bits per heavy atom. The van der Waals surface area contributed by atoms with E-state index in [-0.39, 0.29) is 5.92 Å². The summed E-state index contributed by atoms with van der Waals surface area (Å²) in [4.78, 5) is 0. The van der Waals surface area contributed by atoms with Crippen LogP contribution in [0.2, 0.25) is 0 Å². The summed E-state index contributed by atoms with van der Waals surface area (Å²) in [5, 5.41) is 17.7. The zero-order chi connectivity index (χ0) is 9.97. The van der Waals surface area contributed by atoms with E-state index in [0.29, 0.717) is 24.2 Å². The zero-order valence-electron chi connectivity index (χ0n) is 8.19. The zero-order valence-corrected chi connectivity index (χ0v) is 8.19. The van der Waals surface area contributed by atoms with Gasteiger partial charge in [-0.25, -0.2) is 0 Å². The highest BCUT2D eigenvalue weighted by Crippen LogP contribution is 2.46. The second kappa shape index (κ2) is 3.84. The quantitative estimate of drug-likeness (QED) is 0.622. The van der Waals surface area contributed by atoms with Crippen LogP contribution < -0.4 is 0 Å². The predicted molar refractivity (Wildman–Crippen MR) is 52.8 cm³/mol. The van der Waals surface area contributed by atoms with Crippen molar-refractivity contribution < 1.29 is 0 Å². The standard InChI is InChI=1S/C12H14N2/c13-7-1-2-11-9-3-5-10(6-4-9)12(11)8-14/h3,5,9-12H,1-2,4,6H2. The highest BCUT2D eigenvalue weighted by molar-refractivity contribution is 5.14. The molecular formula is C12H14N2. The van der Waals surface area contributed by atoms with E-state index >= 15 is 0 Å². The van der Waals surface area contributed by atoms with Crippen molar-refractivity contribution in [2.24, 2.45) is 23.7 Å². The largest absolute Gasteiger partial charge is 0.198 e. The lowest BCUT2D eigenvalue weighted by Gasteiger charge is -2.41. The van der Waals surface area contributed by atoms with Gasteiger partial charge in [-0.15, -0.1) is 0 Å². The fourth-order valence-electron chi connectivity index (χ4n) is 2.92. The Balaban J connectivity index is 2.12. The summed E-state index contributed by atoms with van der Waals surface area (Å²) < 4.78 is 0. The molecule has 0 heterocycles. The summed E-state index contributed by atoms with van der Waals surface area (Å²) in [5.41, 5.74) is 0. The smallest absolute Gasteiger partial charge is 0.0665 e. The van der Waals surface area contributed by atoms with Crippen LogP contribution in [0, 0.1) is 46.3 Å². The molecule has 0 aromatic carbocycles. The molecule has 3 aliphatic carbocycles. The molecule has 0 radical (unpaired) electrons. The Kier molecular flexibility index (Phi) is 2.55. The van der Waals surface area contributed by atoms with Crippen molar-refractivity contribution in [1.29, 1.82) is 10.5 Å². The van der Waals surface area contributed by atoms with Crippen molar-refractivity contribution in [3.63, 3.8) is 0 Å². The average molecular weight is 186 g/mol. The molecule has 0 spiro atoms. The van der Waals surface area contributed by atoms with Crippen molar-refractivity contribution in [3.05, 3.63) is 12.2 Å². The van der Waals surface area contributed by atoms with Crippen molar-refractivity contribution in [2.75, 3.05) is 0 Å². The molecule has 14 heavy (non-hydrogen) atoms. The van der Waals surface area contributed by atoms with E-state index in [1.165, 1.54) is 12.8 Å². The number of fused-ring (bicyclic) bond motifs is 2. The van der Waals surface area contributed by atoms with Gasteiger partial charge in [0.05, 0.1) is 18.1 Å². The number of nitriles is 2. The van der Waals surface area contributed by atoms with E-state index in [4.69, 9.17) is 10.5 Å². The SMILES string of the molecule is N#CCCC1C2C=CC(CC2)C1C#N. The van der Waals surface area contributed by atoms with E-state index in [1.807, 2.05) is 0 Å². The lowest BCUT2D eigenvalue weighted by Crippen LogP contribution is -2.35. The van der Waals surface area contributed by atoms with Crippen molar-refractivity contribution >= 4 is 0 Å². The van der Waals surface area contributed by atoms with Crippen molar-refractivity contribution in [3.8, 4) is 12.1 Å². The molecule has 2 nitrogen and oxygen atoms in total. The normalized spacial score (nSPS) is 39.0. The Labute approximate surface area is 84.8 Å². The Morgan fingerprint density at radius 1 is 1.14 bits per heavy atom. The summed E-state index contributed by atoms with van der Waals surface area (Å²) in [6, 6.07) is 4.62. The molecule has 72 valence electrons. The number of allylic oxidation sites excluding steroid dienone is 2. The second-order valence-corrected chi connectivity index (χ2v) is 4.31. The van der Waals surface area contributed by atoms with Gasteiger partial charge in [-0.3, -0.25) is 0 Å². The molecule has 4 atom stereocenters. The van der Waals surface area contributed by atoms with E-state index in [9.17, 15) is 0 Å². The van der Waals surface area contributed by atoms with Gasteiger partial charge in [0.1, 0.15) is 0 Å². The first-order chi connectivity index (χ1) is 6.86. The highest BCUT2D eigenvalue weighted by atomic mass is 14.5. The Morgan fingerprint density at radius 3 is 2.43 bits per heavy atom. The lowest BCUT2D eigenvalue weighted by molar-refractivity contribution is 0.156. The third-order valence-corrected chi connectivity index (χ3v) is 3.65. The summed E-state index contributed by atoms with van der Waals surface area (Å²) >= 11 is 0. The summed E-state index contributed by atoms with van der Waals surface area (Å²) in [5.74, 6) is 1.65. The van der Waals surface area contributed by atoms with Crippen molar-refractivity contribution in [1.82, 2.24) is 0 Å². The fraction of sp³-hybridized carbons (Fsp3) is 0.667. The molecule has 1 fully saturated rings. The van der Waals surface area contributed by atoms with Gasteiger partial charge < -0.3 is 0 Å². The van der Waals surface area contributed by atoms with Gasteiger partial charge in [0, 0.05) is 6.42 Å².